The highest BCUT2D eigenvalue weighted by Gasteiger charge is 2.13. The van der Waals surface area contributed by atoms with Crippen LogP contribution in [0.3, 0.4) is 0 Å². The molecular weight excluding hydrogens is 258 g/mol. The van der Waals surface area contributed by atoms with Gasteiger partial charge in [-0.2, -0.15) is 11.8 Å². The lowest BCUT2D eigenvalue weighted by atomic mass is 10.2. The molecule has 1 aromatic rings. The van der Waals surface area contributed by atoms with Crippen LogP contribution in [0.2, 0.25) is 0 Å². The molecule has 0 aliphatic carbocycles. The minimum Gasteiger partial charge on any atom is -0.351 e. The first-order chi connectivity index (χ1) is 8.54. The number of nitrogens with one attached hydrogen (secondary N) is 1. The van der Waals surface area contributed by atoms with Gasteiger partial charge < -0.3 is 11.1 Å². The van der Waals surface area contributed by atoms with Gasteiger partial charge in [0.05, 0.1) is 6.04 Å². The quantitative estimate of drug-likeness (QED) is 0.829. The lowest BCUT2D eigenvalue weighted by Gasteiger charge is -2.12. The van der Waals surface area contributed by atoms with Gasteiger partial charge in [0.15, 0.2) is 0 Å². The number of benzene rings is 1. The van der Waals surface area contributed by atoms with Gasteiger partial charge in [-0.1, -0.05) is 0 Å². The molecule has 1 amide bonds. The molecule has 0 radical (unpaired) electrons. The van der Waals surface area contributed by atoms with E-state index in [0.29, 0.717) is 6.42 Å². The Kier molecular flexibility index (Phi) is 6.07. The minimum atomic E-state index is -0.617. The van der Waals surface area contributed by atoms with Crippen molar-refractivity contribution in [3.05, 3.63) is 35.4 Å². The van der Waals surface area contributed by atoms with Crippen molar-refractivity contribution in [1.82, 2.24) is 5.32 Å². The molecular formula is C12H16F2N2OS. The van der Waals surface area contributed by atoms with Crippen molar-refractivity contribution in [2.45, 2.75) is 19.0 Å². The Morgan fingerprint density at radius 1 is 1.50 bits per heavy atom. The fourth-order valence-electron chi connectivity index (χ4n) is 1.37. The van der Waals surface area contributed by atoms with E-state index in [4.69, 9.17) is 5.73 Å². The Hall–Kier alpha value is -1.14. The highest BCUT2D eigenvalue weighted by molar-refractivity contribution is 7.98. The van der Waals surface area contributed by atoms with Crippen LogP contribution >= 0.6 is 11.8 Å². The molecule has 0 spiro atoms. The average molecular weight is 274 g/mol. The molecule has 3 nitrogen and oxygen atoms in total. The van der Waals surface area contributed by atoms with Crippen molar-refractivity contribution >= 4 is 17.7 Å². The number of rotatable bonds is 6. The fourth-order valence-corrected chi connectivity index (χ4v) is 1.86. The maximum Gasteiger partial charge on any atom is 0.237 e. The molecule has 0 bridgehead atoms. The monoisotopic (exact) mass is 274 g/mol. The molecule has 6 heteroatoms. The Balaban J connectivity index is 2.49. The maximum absolute atomic E-state index is 13.3. The summed E-state index contributed by atoms with van der Waals surface area (Å²) in [6.45, 7) is -0.0601. The van der Waals surface area contributed by atoms with Crippen LogP contribution in [0, 0.1) is 11.6 Å². The van der Waals surface area contributed by atoms with Gasteiger partial charge in [-0.15, -0.1) is 0 Å². The number of carbonyl (C=O) groups excluding carboxylic acids is 1. The first kappa shape index (κ1) is 14.9. The summed E-state index contributed by atoms with van der Waals surface area (Å²) in [5.41, 5.74) is 5.75. The van der Waals surface area contributed by atoms with E-state index in [1.807, 2.05) is 6.26 Å². The number of hydrogen-bond acceptors (Lipinski definition) is 3. The van der Waals surface area contributed by atoms with Gasteiger partial charge in [0.1, 0.15) is 11.6 Å². The van der Waals surface area contributed by atoms with Gasteiger partial charge in [-0.05, 0) is 36.6 Å². The Morgan fingerprint density at radius 2 is 2.22 bits per heavy atom. The standard InChI is InChI=1S/C12H16F2N2OS/c1-18-5-4-11(15)12(17)16-7-8-6-9(13)2-3-10(8)14/h2-3,6,11H,4-5,7,15H2,1H3,(H,16,17)/t11-/m1/s1. The maximum atomic E-state index is 13.3. The molecule has 0 unspecified atom stereocenters. The average Bonchev–Trinajstić information content (AvgIpc) is 2.36. The summed E-state index contributed by atoms with van der Waals surface area (Å²) in [5, 5.41) is 2.50. The van der Waals surface area contributed by atoms with Gasteiger partial charge in [-0.25, -0.2) is 8.78 Å². The topological polar surface area (TPSA) is 55.1 Å². The lowest BCUT2D eigenvalue weighted by molar-refractivity contribution is -0.122. The number of halogens is 2. The van der Waals surface area contributed by atoms with E-state index in [2.05, 4.69) is 5.32 Å². The third-order valence-electron chi connectivity index (χ3n) is 2.43. The largest absolute Gasteiger partial charge is 0.351 e. The second kappa shape index (κ2) is 7.33. The fraction of sp³-hybridized carbons (Fsp3) is 0.417. The molecule has 1 atom stereocenters. The van der Waals surface area contributed by atoms with Crippen molar-refractivity contribution in [2.24, 2.45) is 5.73 Å². The second-order valence-electron chi connectivity index (χ2n) is 3.84. The predicted octanol–water partition coefficient (Wildman–Crippen LogP) is 1.66. The summed E-state index contributed by atoms with van der Waals surface area (Å²) in [6, 6.07) is 2.51. The van der Waals surface area contributed by atoms with E-state index in [1.54, 1.807) is 11.8 Å². The van der Waals surface area contributed by atoms with Crippen LogP contribution < -0.4 is 11.1 Å². The highest BCUT2D eigenvalue weighted by Crippen LogP contribution is 2.09. The van der Waals surface area contributed by atoms with Crippen molar-refractivity contribution < 1.29 is 13.6 Å². The van der Waals surface area contributed by atoms with Crippen molar-refractivity contribution in [1.29, 1.82) is 0 Å². The zero-order valence-corrected chi connectivity index (χ0v) is 10.9. The van der Waals surface area contributed by atoms with Gasteiger partial charge in [0, 0.05) is 12.1 Å². The van der Waals surface area contributed by atoms with Crippen LogP contribution in [-0.4, -0.2) is 24.0 Å². The van der Waals surface area contributed by atoms with E-state index in [-0.39, 0.29) is 18.0 Å². The molecule has 0 heterocycles. The molecule has 0 aliphatic rings. The first-order valence-corrected chi connectivity index (χ1v) is 6.90. The summed E-state index contributed by atoms with van der Waals surface area (Å²) in [5.74, 6) is -0.655. The van der Waals surface area contributed by atoms with Crippen molar-refractivity contribution in [2.75, 3.05) is 12.0 Å². The summed E-state index contributed by atoms with van der Waals surface area (Å²) < 4.78 is 26.2. The first-order valence-electron chi connectivity index (χ1n) is 5.50. The highest BCUT2D eigenvalue weighted by atomic mass is 32.2. The number of hydrogen-bond donors (Lipinski definition) is 2. The van der Waals surface area contributed by atoms with E-state index >= 15 is 0 Å². The molecule has 1 aromatic carbocycles. The summed E-state index contributed by atoms with van der Waals surface area (Å²) in [6.07, 6.45) is 2.48. The number of thioether (sulfide) groups is 1. The van der Waals surface area contributed by atoms with Crippen molar-refractivity contribution in [3.63, 3.8) is 0 Å². The van der Waals surface area contributed by atoms with E-state index in [0.717, 1.165) is 24.0 Å². The van der Waals surface area contributed by atoms with Crippen LogP contribution in [0.1, 0.15) is 12.0 Å². The van der Waals surface area contributed by atoms with E-state index in [9.17, 15) is 13.6 Å². The van der Waals surface area contributed by atoms with Crippen LogP contribution in [0.25, 0.3) is 0 Å². The third-order valence-corrected chi connectivity index (χ3v) is 3.07. The molecule has 0 aliphatic heterocycles. The number of carbonyl (C=O) groups is 1. The summed E-state index contributed by atoms with van der Waals surface area (Å²) in [4.78, 5) is 11.6. The van der Waals surface area contributed by atoms with Crippen LogP contribution in [0.5, 0.6) is 0 Å². The molecule has 100 valence electrons. The number of amides is 1. The zero-order valence-electron chi connectivity index (χ0n) is 10.1. The summed E-state index contributed by atoms with van der Waals surface area (Å²) in [7, 11) is 0. The van der Waals surface area contributed by atoms with E-state index < -0.39 is 17.7 Å². The van der Waals surface area contributed by atoms with Crippen LogP contribution in [0.4, 0.5) is 8.78 Å². The van der Waals surface area contributed by atoms with Gasteiger partial charge >= 0.3 is 0 Å². The normalized spacial score (nSPS) is 12.2. The Labute approximate surface area is 109 Å². The van der Waals surface area contributed by atoms with E-state index in [1.165, 1.54) is 0 Å². The predicted molar refractivity (Wildman–Crippen MR) is 69.2 cm³/mol. The van der Waals surface area contributed by atoms with Gasteiger partial charge in [0.2, 0.25) is 5.91 Å². The molecule has 0 saturated carbocycles. The summed E-state index contributed by atoms with van der Waals surface area (Å²) >= 11 is 1.60. The Morgan fingerprint density at radius 3 is 2.89 bits per heavy atom. The van der Waals surface area contributed by atoms with Gasteiger partial charge in [-0.3, -0.25) is 4.79 Å². The molecule has 0 fully saturated rings. The minimum absolute atomic E-state index is 0.0601. The SMILES string of the molecule is CSCC[C@@H](N)C(=O)NCc1cc(F)ccc1F. The Bertz CT molecular complexity index is 415. The van der Waals surface area contributed by atoms with Crippen LogP contribution in [-0.2, 0) is 11.3 Å². The molecule has 3 N–H and O–H groups in total. The molecule has 0 saturated heterocycles. The second-order valence-corrected chi connectivity index (χ2v) is 4.83. The van der Waals surface area contributed by atoms with Crippen molar-refractivity contribution in [3.8, 4) is 0 Å². The molecule has 18 heavy (non-hydrogen) atoms. The third kappa shape index (κ3) is 4.62. The number of nitrogens with two attached hydrogens (primary N) is 1. The van der Waals surface area contributed by atoms with Gasteiger partial charge in [0.25, 0.3) is 0 Å². The molecule has 0 aromatic heterocycles. The molecule has 1 rings (SSSR count). The zero-order chi connectivity index (χ0) is 13.5. The lowest BCUT2D eigenvalue weighted by Crippen LogP contribution is -2.40. The van der Waals surface area contributed by atoms with Crippen LogP contribution in [0.15, 0.2) is 18.2 Å². The smallest absolute Gasteiger partial charge is 0.237 e.